The van der Waals surface area contributed by atoms with Gasteiger partial charge < -0.3 is 19.5 Å². The van der Waals surface area contributed by atoms with Gasteiger partial charge in [-0.05, 0) is 37.6 Å². The summed E-state index contributed by atoms with van der Waals surface area (Å²) in [5.74, 6) is 1.90. The van der Waals surface area contributed by atoms with E-state index in [1.807, 2.05) is 19.1 Å². The highest BCUT2D eigenvalue weighted by Gasteiger charge is 2.20. The maximum atomic E-state index is 12.6. The zero-order valence-electron chi connectivity index (χ0n) is 19.0. The van der Waals surface area contributed by atoms with Gasteiger partial charge in [-0.1, -0.05) is 11.3 Å². The number of fused-ring (bicyclic) bond motifs is 2. The van der Waals surface area contributed by atoms with Crippen molar-refractivity contribution in [3.05, 3.63) is 48.2 Å². The van der Waals surface area contributed by atoms with Crippen LogP contribution in [0.3, 0.4) is 0 Å². The largest absolute Gasteiger partial charge is 0.497 e. The van der Waals surface area contributed by atoms with E-state index in [9.17, 15) is 13.2 Å². The minimum atomic E-state index is -3.50. The molecule has 0 aliphatic carbocycles. The molecular formula is C23H22N4O6S2. The van der Waals surface area contributed by atoms with Crippen LogP contribution in [-0.2, 0) is 14.6 Å². The van der Waals surface area contributed by atoms with Crippen molar-refractivity contribution in [2.45, 2.75) is 24.7 Å². The number of rotatable bonds is 8. The van der Waals surface area contributed by atoms with Crippen molar-refractivity contribution in [2.24, 2.45) is 0 Å². The second-order valence-electron chi connectivity index (χ2n) is 7.90. The lowest BCUT2D eigenvalue weighted by molar-refractivity contribution is -0.116. The van der Waals surface area contributed by atoms with Crippen LogP contribution in [0, 0.1) is 6.92 Å². The highest BCUT2D eigenvalue weighted by atomic mass is 32.2. The molecule has 0 saturated carbocycles. The van der Waals surface area contributed by atoms with E-state index in [-0.39, 0.29) is 36.2 Å². The first-order valence-electron chi connectivity index (χ1n) is 10.8. The first-order chi connectivity index (χ1) is 16.8. The van der Waals surface area contributed by atoms with E-state index in [0.717, 1.165) is 10.2 Å². The maximum Gasteiger partial charge on any atom is 0.231 e. The number of amides is 1. The number of anilines is 1. The third-order valence-electron chi connectivity index (χ3n) is 5.39. The molecule has 0 unspecified atom stereocenters. The molecule has 0 radical (unpaired) electrons. The van der Waals surface area contributed by atoms with Crippen molar-refractivity contribution in [1.82, 2.24) is 14.8 Å². The van der Waals surface area contributed by atoms with Gasteiger partial charge in [0.2, 0.25) is 17.8 Å². The second kappa shape index (κ2) is 9.19. The average molecular weight is 515 g/mol. The Balaban J connectivity index is 1.25. The molecule has 1 aliphatic rings. The predicted octanol–water partition coefficient (Wildman–Crippen LogP) is 3.72. The SMILES string of the molecule is COc1ccc(S(=O)(=O)CCCC(=O)Nc2cc(C)nn2-c2nc3cc4c(cc3s2)OCO4)cc1. The van der Waals surface area contributed by atoms with Gasteiger partial charge in [-0.3, -0.25) is 4.79 Å². The summed E-state index contributed by atoms with van der Waals surface area (Å²) in [5, 5.41) is 7.87. The van der Waals surface area contributed by atoms with Gasteiger partial charge in [0.1, 0.15) is 11.6 Å². The number of thiazole rings is 1. The number of methoxy groups -OCH3 is 1. The van der Waals surface area contributed by atoms with Crippen molar-refractivity contribution < 1.29 is 27.4 Å². The van der Waals surface area contributed by atoms with E-state index in [0.29, 0.717) is 33.9 Å². The molecular weight excluding hydrogens is 492 g/mol. The standard InChI is InChI=1S/C23H22N4O6S2/c1-14-10-21(25-22(28)4-3-9-35(29,30)16-7-5-15(31-2)6-8-16)27(26-14)23-24-17-11-18-19(33-13-32-18)12-20(17)34-23/h5-8,10-12H,3-4,9,13H2,1-2H3,(H,25,28). The minimum Gasteiger partial charge on any atom is -0.497 e. The van der Waals surface area contributed by atoms with Gasteiger partial charge in [0, 0.05) is 24.6 Å². The number of aromatic nitrogens is 3. The van der Waals surface area contributed by atoms with Crippen LogP contribution in [0.2, 0.25) is 0 Å². The number of ether oxygens (including phenoxy) is 3. The Bertz CT molecular complexity index is 1470. The summed E-state index contributed by atoms with van der Waals surface area (Å²) in [5.41, 5.74) is 1.44. The number of hydrogen-bond donors (Lipinski definition) is 1. The third kappa shape index (κ3) is 4.80. The maximum absolute atomic E-state index is 12.6. The van der Waals surface area contributed by atoms with Crippen molar-refractivity contribution in [2.75, 3.05) is 25.0 Å². The lowest BCUT2D eigenvalue weighted by atomic mass is 10.3. The van der Waals surface area contributed by atoms with Crippen LogP contribution in [-0.4, -0.2) is 48.7 Å². The molecule has 2 aromatic heterocycles. The fourth-order valence-electron chi connectivity index (χ4n) is 3.66. The molecule has 10 nitrogen and oxygen atoms in total. The number of hydrogen-bond acceptors (Lipinski definition) is 9. The van der Waals surface area contributed by atoms with Gasteiger partial charge in [-0.25, -0.2) is 13.4 Å². The Morgan fingerprint density at radius 2 is 1.91 bits per heavy atom. The fraction of sp³-hybridized carbons (Fsp3) is 0.261. The summed E-state index contributed by atoms with van der Waals surface area (Å²) in [6.45, 7) is 2.01. The lowest BCUT2D eigenvalue weighted by Crippen LogP contribution is -2.16. The summed E-state index contributed by atoms with van der Waals surface area (Å²) in [4.78, 5) is 17.4. The molecule has 0 spiro atoms. The van der Waals surface area contributed by atoms with E-state index < -0.39 is 9.84 Å². The molecule has 1 aliphatic heterocycles. The average Bonchev–Trinajstić information content (AvgIpc) is 3.54. The first kappa shape index (κ1) is 23.1. The fourth-order valence-corrected chi connectivity index (χ4v) is 5.91. The Labute approximate surface area is 205 Å². The summed E-state index contributed by atoms with van der Waals surface area (Å²) < 4.78 is 43.5. The van der Waals surface area contributed by atoms with Crippen molar-refractivity contribution in [3.63, 3.8) is 0 Å². The van der Waals surface area contributed by atoms with Crippen LogP contribution in [0.5, 0.6) is 17.2 Å². The van der Waals surface area contributed by atoms with Gasteiger partial charge in [-0.2, -0.15) is 9.78 Å². The number of benzene rings is 2. The van der Waals surface area contributed by atoms with E-state index in [2.05, 4.69) is 15.4 Å². The van der Waals surface area contributed by atoms with Crippen molar-refractivity contribution in [3.8, 4) is 22.4 Å². The summed E-state index contributed by atoms with van der Waals surface area (Å²) in [6, 6.07) is 11.6. The van der Waals surface area contributed by atoms with Crippen LogP contribution in [0.1, 0.15) is 18.5 Å². The van der Waals surface area contributed by atoms with E-state index in [1.54, 1.807) is 22.9 Å². The Kier molecular flexibility index (Phi) is 6.07. The molecule has 35 heavy (non-hydrogen) atoms. The Hall–Kier alpha value is -3.64. The first-order valence-corrected chi connectivity index (χ1v) is 13.2. The summed E-state index contributed by atoms with van der Waals surface area (Å²) in [6.07, 6.45) is 0.223. The van der Waals surface area contributed by atoms with Gasteiger partial charge in [0.15, 0.2) is 21.3 Å². The van der Waals surface area contributed by atoms with Crippen LogP contribution in [0.4, 0.5) is 5.82 Å². The lowest BCUT2D eigenvalue weighted by Gasteiger charge is -2.08. The van der Waals surface area contributed by atoms with Crippen LogP contribution < -0.4 is 19.5 Å². The highest BCUT2D eigenvalue weighted by molar-refractivity contribution is 7.91. The number of nitrogens with zero attached hydrogens (tertiary/aromatic N) is 3. The Morgan fingerprint density at radius 3 is 2.66 bits per heavy atom. The minimum absolute atomic E-state index is 0.0425. The molecule has 0 bridgehead atoms. The highest BCUT2D eigenvalue weighted by Crippen LogP contribution is 2.39. The third-order valence-corrected chi connectivity index (χ3v) is 8.20. The number of carbonyl (C=O) groups is 1. The van der Waals surface area contributed by atoms with Gasteiger partial charge in [-0.15, -0.1) is 0 Å². The molecule has 1 N–H and O–H groups in total. The molecule has 5 rings (SSSR count). The number of sulfone groups is 1. The second-order valence-corrected chi connectivity index (χ2v) is 11.0. The van der Waals surface area contributed by atoms with Gasteiger partial charge >= 0.3 is 0 Å². The van der Waals surface area contributed by atoms with E-state index in [1.165, 1.54) is 30.6 Å². The molecule has 0 saturated heterocycles. The number of aryl methyl sites for hydroxylation is 1. The zero-order chi connectivity index (χ0) is 24.6. The molecule has 12 heteroatoms. The summed E-state index contributed by atoms with van der Waals surface area (Å²) in [7, 11) is -1.99. The van der Waals surface area contributed by atoms with Crippen LogP contribution >= 0.6 is 11.3 Å². The van der Waals surface area contributed by atoms with E-state index >= 15 is 0 Å². The Morgan fingerprint density at radius 1 is 1.17 bits per heavy atom. The summed E-state index contributed by atoms with van der Waals surface area (Å²) >= 11 is 1.41. The van der Waals surface area contributed by atoms with Gasteiger partial charge in [0.05, 0.1) is 33.7 Å². The van der Waals surface area contributed by atoms with Crippen LogP contribution in [0.15, 0.2) is 47.4 Å². The van der Waals surface area contributed by atoms with Crippen LogP contribution in [0.25, 0.3) is 15.3 Å². The molecule has 0 fully saturated rings. The number of nitrogens with one attached hydrogen (secondary N) is 1. The molecule has 182 valence electrons. The van der Waals surface area contributed by atoms with Gasteiger partial charge in [0.25, 0.3) is 0 Å². The zero-order valence-corrected chi connectivity index (χ0v) is 20.6. The quantitative estimate of drug-likeness (QED) is 0.378. The molecule has 1 amide bonds. The number of carbonyl (C=O) groups excluding carboxylic acids is 1. The normalized spacial score (nSPS) is 12.7. The monoisotopic (exact) mass is 514 g/mol. The smallest absolute Gasteiger partial charge is 0.231 e. The molecule has 2 aromatic carbocycles. The van der Waals surface area contributed by atoms with Crippen molar-refractivity contribution >= 4 is 43.1 Å². The molecule has 4 aromatic rings. The van der Waals surface area contributed by atoms with E-state index in [4.69, 9.17) is 14.2 Å². The molecule has 0 atom stereocenters. The topological polar surface area (TPSA) is 122 Å². The molecule has 3 heterocycles. The van der Waals surface area contributed by atoms with Crippen molar-refractivity contribution in [1.29, 1.82) is 0 Å². The predicted molar refractivity (Wildman–Crippen MR) is 131 cm³/mol.